The molecule has 2 aromatic rings. The number of carbonyl (C=O) groups is 1. The number of hydrogen-bond acceptors (Lipinski definition) is 3. The summed E-state index contributed by atoms with van der Waals surface area (Å²) in [6.07, 6.45) is 0. The Morgan fingerprint density at radius 2 is 1.96 bits per heavy atom. The number of anilines is 1. The number of rotatable bonds is 5. The zero-order chi connectivity index (χ0) is 17.4. The summed E-state index contributed by atoms with van der Waals surface area (Å²) < 4.78 is 18.5. The molecule has 0 radical (unpaired) electrons. The summed E-state index contributed by atoms with van der Waals surface area (Å²) in [5.41, 5.74) is 1.53. The summed E-state index contributed by atoms with van der Waals surface area (Å²) in [7, 11) is 3.83. The standard InChI is InChI=1S/C19H19FN2O2/c1-22(2)16-9-7-8-15(14-16)19(23)21-12-5-6-13-24-18-11-4-3-10-17(18)20/h3-4,7-11,14H,12-13H2,1-2H3,(H,21,23). The zero-order valence-electron chi connectivity index (χ0n) is 13.7. The number of ether oxygens (including phenoxy) is 1. The minimum atomic E-state index is -0.423. The SMILES string of the molecule is CN(C)c1cccc(C(=O)NCC#CCOc2ccccc2F)c1. The first-order valence-corrected chi connectivity index (χ1v) is 7.46. The van der Waals surface area contributed by atoms with Gasteiger partial charge in [0.05, 0.1) is 6.54 Å². The molecular weight excluding hydrogens is 307 g/mol. The van der Waals surface area contributed by atoms with Gasteiger partial charge in [0.2, 0.25) is 0 Å². The number of nitrogens with one attached hydrogen (secondary N) is 1. The van der Waals surface area contributed by atoms with E-state index in [1.54, 1.807) is 18.2 Å². The highest BCUT2D eigenvalue weighted by Crippen LogP contribution is 2.15. The number of para-hydroxylation sites is 1. The van der Waals surface area contributed by atoms with Gasteiger partial charge < -0.3 is 15.0 Å². The third-order valence-electron chi connectivity index (χ3n) is 3.22. The molecule has 0 spiro atoms. The zero-order valence-corrected chi connectivity index (χ0v) is 13.7. The van der Waals surface area contributed by atoms with Crippen LogP contribution >= 0.6 is 0 Å². The normalized spacial score (nSPS) is 9.62. The lowest BCUT2D eigenvalue weighted by molar-refractivity contribution is 0.0958. The fraction of sp³-hybridized carbons (Fsp3) is 0.211. The smallest absolute Gasteiger partial charge is 0.252 e. The number of carbonyl (C=O) groups excluding carboxylic acids is 1. The molecule has 1 amide bonds. The first kappa shape index (κ1) is 17.4. The van der Waals surface area contributed by atoms with E-state index in [4.69, 9.17) is 4.74 Å². The monoisotopic (exact) mass is 326 g/mol. The number of halogens is 1. The summed E-state index contributed by atoms with van der Waals surface area (Å²) >= 11 is 0. The predicted molar refractivity (Wildman–Crippen MR) is 92.8 cm³/mol. The Balaban J connectivity index is 1.79. The lowest BCUT2D eigenvalue weighted by atomic mass is 10.2. The van der Waals surface area contributed by atoms with Crippen molar-refractivity contribution in [2.24, 2.45) is 0 Å². The molecule has 0 saturated heterocycles. The Labute approximate surface area is 141 Å². The summed E-state index contributed by atoms with van der Waals surface area (Å²) in [5.74, 6) is 5.06. The Morgan fingerprint density at radius 1 is 1.17 bits per heavy atom. The van der Waals surface area contributed by atoms with Crippen molar-refractivity contribution in [3.8, 4) is 17.6 Å². The van der Waals surface area contributed by atoms with Crippen molar-refractivity contribution in [3.05, 3.63) is 59.9 Å². The largest absolute Gasteiger partial charge is 0.478 e. The van der Waals surface area contributed by atoms with Crippen LogP contribution in [0.3, 0.4) is 0 Å². The van der Waals surface area contributed by atoms with Gasteiger partial charge >= 0.3 is 0 Å². The van der Waals surface area contributed by atoms with E-state index < -0.39 is 5.82 Å². The number of benzene rings is 2. The van der Waals surface area contributed by atoms with Crippen LogP contribution in [-0.4, -0.2) is 33.2 Å². The molecule has 0 atom stereocenters. The molecule has 0 aromatic heterocycles. The Hall–Kier alpha value is -3.00. The maximum atomic E-state index is 13.3. The molecule has 4 nitrogen and oxygen atoms in total. The van der Waals surface area contributed by atoms with Crippen LogP contribution < -0.4 is 15.0 Å². The van der Waals surface area contributed by atoms with Gasteiger partial charge in [-0.1, -0.05) is 30.0 Å². The lowest BCUT2D eigenvalue weighted by Crippen LogP contribution is -2.24. The van der Waals surface area contributed by atoms with E-state index in [0.717, 1.165) is 5.69 Å². The van der Waals surface area contributed by atoms with Crippen LogP contribution in [0.5, 0.6) is 5.75 Å². The van der Waals surface area contributed by atoms with Gasteiger partial charge in [-0.2, -0.15) is 0 Å². The van der Waals surface area contributed by atoms with E-state index in [9.17, 15) is 9.18 Å². The van der Waals surface area contributed by atoms with Gasteiger partial charge in [-0.05, 0) is 30.3 Å². The van der Waals surface area contributed by atoms with Crippen molar-refractivity contribution >= 4 is 11.6 Å². The van der Waals surface area contributed by atoms with E-state index in [0.29, 0.717) is 5.56 Å². The molecule has 0 saturated carbocycles. The number of amides is 1. The predicted octanol–water partition coefficient (Wildman–Crippen LogP) is 2.70. The van der Waals surface area contributed by atoms with Crippen molar-refractivity contribution in [2.45, 2.75) is 0 Å². The topological polar surface area (TPSA) is 41.6 Å². The average Bonchev–Trinajstić information content (AvgIpc) is 2.59. The molecule has 1 N–H and O–H groups in total. The van der Waals surface area contributed by atoms with Gasteiger partial charge in [0.25, 0.3) is 5.91 Å². The fourth-order valence-corrected chi connectivity index (χ4v) is 1.94. The second-order valence-corrected chi connectivity index (χ2v) is 5.20. The molecule has 0 aliphatic heterocycles. The summed E-state index contributed by atoms with van der Waals surface area (Å²) in [5, 5.41) is 2.71. The molecule has 0 aliphatic rings. The van der Waals surface area contributed by atoms with Crippen molar-refractivity contribution < 1.29 is 13.9 Å². The van der Waals surface area contributed by atoms with E-state index >= 15 is 0 Å². The molecule has 124 valence electrons. The second kappa shape index (κ2) is 8.59. The van der Waals surface area contributed by atoms with Gasteiger partial charge in [0.15, 0.2) is 11.6 Å². The Morgan fingerprint density at radius 3 is 2.71 bits per heavy atom. The third kappa shape index (κ3) is 5.03. The highest BCUT2D eigenvalue weighted by Gasteiger charge is 2.05. The lowest BCUT2D eigenvalue weighted by Gasteiger charge is -2.13. The molecule has 0 heterocycles. The van der Waals surface area contributed by atoms with Crippen LogP contribution in [0.2, 0.25) is 0 Å². The van der Waals surface area contributed by atoms with Crippen molar-refractivity contribution in [3.63, 3.8) is 0 Å². The fourth-order valence-electron chi connectivity index (χ4n) is 1.94. The van der Waals surface area contributed by atoms with E-state index in [1.165, 1.54) is 12.1 Å². The molecule has 0 unspecified atom stereocenters. The van der Waals surface area contributed by atoms with Crippen molar-refractivity contribution in [1.29, 1.82) is 0 Å². The summed E-state index contributed by atoms with van der Waals surface area (Å²) in [6.45, 7) is 0.262. The highest BCUT2D eigenvalue weighted by molar-refractivity contribution is 5.95. The second-order valence-electron chi connectivity index (χ2n) is 5.20. The van der Waals surface area contributed by atoms with Crippen molar-refractivity contribution in [2.75, 3.05) is 32.1 Å². The van der Waals surface area contributed by atoms with E-state index in [-0.39, 0.29) is 24.8 Å². The van der Waals surface area contributed by atoms with Crippen LogP contribution in [0.4, 0.5) is 10.1 Å². The highest BCUT2D eigenvalue weighted by atomic mass is 19.1. The van der Waals surface area contributed by atoms with Crippen LogP contribution in [0.15, 0.2) is 48.5 Å². The maximum Gasteiger partial charge on any atom is 0.252 e. The summed E-state index contributed by atoms with van der Waals surface area (Å²) in [6, 6.07) is 13.5. The van der Waals surface area contributed by atoms with E-state index in [1.807, 2.05) is 37.2 Å². The average molecular weight is 326 g/mol. The van der Waals surface area contributed by atoms with Gasteiger partial charge in [-0.15, -0.1) is 0 Å². The molecule has 2 rings (SSSR count). The molecule has 0 aliphatic carbocycles. The van der Waals surface area contributed by atoms with Crippen LogP contribution in [0.1, 0.15) is 10.4 Å². The van der Waals surface area contributed by atoms with Gasteiger partial charge in [0, 0.05) is 25.3 Å². The number of nitrogens with zero attached hydrogens (tertiary/aromatic N) is 1. The first-order chi connectivity index (χ1) is 11.6. The minimum absolute atomic E-state index is 0.0624. The minimum Gasteiger partial charge on any atom is -0.478 e. The van der Waals surface area contributed by atoms with Crippen LogP contribution in [0, 0.1) is 17.7 Å². The molecule has 2 aromatic carbocycles. The number of hydrogen-bond donors (Lipinski definition) is 1. The molecule has 0 fully saturated rings. The molecule has 5 heteroatoms. The Kier molecular flexibility index (Phi) is 6.21. The van der Waals surface area contributed by atoms with E-state index in [2.05, 4.69) is 17.2 Å². The van der Waals surface area contributed by atoms with Crippen LogP contribution in [-0.2, 0) is 0 Å². The third-order valence-corrected chi connectivity index (χ3v) is 3.22. The molecule has 24 heavy (non-hydrogen) atoms. The quantitative estimate of drug-likeness (QED) is 0.859. The first-order valence-electron chi connectivity index (χ1n) is 7.46. The van der Waals surface area contributed by atoms with Gasteiger partial charge in [-0.3, -0.25) is 4.79 Å². The Bertz CT molecular complexity index is 763. The maximum absolute atomic E-state index is 13.3. The summed E-state index contributed by atoms with van der Waals surface area (Å²) in [4.78, 5) is 14.0. The van der Waals surface area contributed by atoms with Gasteiger partial charge in [-0.25, -0.2) is 4.39 Å². The molecule has 0 bridgehead atoms. The molecular formula is C19H19FN2O2. The van der Waals surface area contributed by atoms with Gasteiger partial charge in [0.1, 0.15) is 6.61 Å². The van der Waals surface area contributed by atoms with Crippen LogP contribution in [0.25, 0.3) is 0 Å². The van der Waals surface area contributed by atoms with Crippen molar-refractivity contribution in [1.82, 2.24) is 5.32 Å².